The van der Waals surface area contributed by atoms with Gasteiger partial charge in [0.25, 0.3) is 0 Å². The number of carbonyl (C=O) groups excluding carboxylic acids is 1. The second-order valence-corrected chi connectivity index (χ2v) is 3.02. The summed E-state index contributed by atoms with van der Waals surface area (Å²) in [5, 5.41) is 0. The van der Waals surface area contributed by atoms with Crippen LogP contribution in [0.2, 0.25) is 0 Å². The number of hydrogen-bond acceptors (Lipinski definition) is 1. The largest absolute Gasteiger partial charge is 0.542 e. The van der Waals surface area contributed by atoms with E-state index in [4.69, 9.17) is 0 Å². The van der Waals surface area contributed by atoms with Crippen molar-refractivity contribution in [1.29, 1.82) is 0 Å². The molecule has 0 amide bonds. The summed E-state index contributed by atoms with van der Waals surface area (Å²) in [5.41, 5.74) is 0. The van der Waals surface area contributed by atoms with Crippen LogP contribution < -0.4 is 0 Å². The van der Waals surface area contributed by atoms with Gasteiger partial charge in [-0.1, -0.05) is 51.9 Å². The van der Waals surface area contributed by atoms with E-state index in [0.717, 1.165) is 6.42 Å². The van der Waals surface area contributed by atoms with Crippen molar-refractivity contribution in [2.24, 2.45) is 0 Å². The second kappa shape index (κ2) is 13.9. The first-order valence-corrected chi connectivity index (χ1v) is 4.76. The Morgan fingerprint density at radius 1 is 0.917 bits per heavy atom. The van der Waals surface area contributed by atoms with Crippen LogP contribution in [0.15, 0.2) is 0 Å². The van der Waals surface area contributed by atoms with Crippen molar-refractivity contribution in [3.8, 4) is 0 Å². The van der Waals surface area contributed by atoms with Crippen molar-refractivity contribution in [3.63, 3.8) is 0 Å². The zero-order valence-electron chi connectivity index (χ0n) is 7.94. The third-order valence-corrected chi connectivity index (χ3v) is 1.88. The first-order valence-electron chi connectivity index (χ1n) is 4.76. The SMILES string of the molecule is CCCCCCCCC[C-]=O.[Re]. The minimum absolute atomic E-state index is 0. The molecule has 0 heterocycles. The van der Waals surface area contributed by atoms with Crippen molar-refractivity contribution in [3.05, 3.63) is 0 Å². The molecule has 0 N–H and O–H groups in total. The molecule has 0 unspecified atom stereocenters. The summed E-state index contributed by atoms with van der Waals surface area (Å²) in [4.78, 5) is 9.82. The van der Waals surface area contributed by atoms with Gasteiger partial charge in [-0.2, -0.15) is 6.42 Å². The zero-order chi connectivity index (χ0) is 8.36. The Morgan fingerprint density at radius 3 is 1.92 bits per heavy atom. The maximum absolute atomic E-state index is 9.82. The maximum Gasteiger partial charge on any atom is 0 e. The minimum atomic E-state index is 0. The van der Waals surface area contributed by atoms with Crippen LogP contribution in [0.1, 0.15) is 58.3 Å². The van der Waals surface area contributed by atoms with Crippen LogP contribution >= 0.6 is 0 Å². The van der Waals surface area contributed by atoms with Crippen LogP contribution in [0.4, 0.5) is 0 Å². The molecular formula is C10H19ORe-. The predicted octanol–water partition coefficient (Wildman–Crippen LogP) is 3.23. The fourth-order valence-electron chi connectivity index (χ4n) is 1.15. The summed E-state index contributed by atoms with van der Waals surface area (Å²) in [7, 11) is 0. The topological polar surface area (TPSA) is 17.1 Å². The molecule has 0 aromatic heterocycles. The number of hydrogen-bond donors (Lipinski definition) is 0. The van der Waals surface area contributed by atoms with Gasteiger partial charge in [0.15, 0.2) is 0 Å². The molecule has 0 aliphatic rings. The maximum atomic E-state index is 9.82. The van der Waals surface area contributed by atoms with Gasteiger partial charge in [0.05, 0.1) is 0 Å². The zero-order valence-corrected chi connectivity index (χ0v) is 10.7. The molecule has 0 saturated heterocycles. The van der Waals surface area contributed by atoms with E-state index in [1.165, 1.54) is 38.5 Å². The molecule has 1 radical (unpaired) electrons. The van der Waals surface area contributed by atoms with E-state index in [2.05, 4.69) is 6.92 Å². The third kappa shape index (κ3) is 13.0. The summed E-state index contributed by atoms with van der Waals surface area (Å²) >= 11 is 0. The summed E-state index contributed by atoms with van der Waals surface area (Å²) in [6.07, 6.45) is 11.5. The normalized spacial score (nSPS) is 9.08. The molecule has 0 aromatic carbocycles. The predicted molar refractivity (Wildman–Crippen MR) is 48.3 cm³/mol. The van der Waals surface area contributed by atoms with Crippen molar-refractivity contribution >= 4 is 6.29 Å². The first kappa shape index (κ1) is 14.8. The Morgan fingerprint density at radius 2 is 1.42 bits per heavy atom. The van der Waals surface area contributed by atoms with E-state index in [1.54, 1.807) is 0 Å². The van der Waals surface area contributed by atoms with E-state index in [9.17, 15) is 4.79 Å². The smallest absolute Gasteiger partial charge is 0 e. The van der Waals surface area contributed by atoms with Gasteiger partial charge in [-0.15, -0.1) is 0 Å². The van der Waals surface area contributed by atoms with E-state index < -0.39 is 0 Å². The van der Waals surface area contributed by atoms with Gasteiger partial charge >= 0.3 is 0 Å². The van der Waals surface area contributed by atoms with Crippen LogP contribution in [0.5, 0.6) is 0 Å². The monoisotopic (exact) mass is 342 g/mol. The Hall–Kier alpha value is 0.332. The molecule has 0 spiro atoms. The third-order valence-electron chi connectivity index (χ3n) is 1.88. The minimum Gasteiger partial charge on any atom is -0.542 e. The van der Waals surface area contributed by atoms with Crippen LogP contribution in [-0.4, -0.2) is 6.29 Å². The molecule has 0 aliphatic carbocycles. The Labute approximate surface area is 90.0 Å². The molecule has 0 saturated carbocycles. The molecule has 0 rings (SSSR count). The molecule has 73 valence electrons. The van der Waals surface area contributed by atoms with Crippen LogP contribution in [-0.2, 0) is 25.2 Å². The molecule has 12 heavy (non-hydrogen) atoms. The average molecular weight is 341 g/mol. The van der Waals surface area contributed by atoms with Crippen LogP contribution in [0.3, 0.4) is 0 Å². The molecular weight excluding hydrogens is 322 g/mol. The fourth-order valence-corrected chi connectivity index (χ4v) is 1.15. The number of unbranched alkanes of at least 4 members (excludes halogenated alkanes) is 7. The average Bonchev–Trinajstić information content (AvgIpc) is 2.03. The van der Waals surface area contributed by atoms with Crippen molar-refractivity contribution in [2.75, 3.05) is 0 Å². The van der Waals surface area contributed by atoms with E-state index in [0.29, 0.717) is 6.42 Å². The molecule has 0 atom stereocenters. The van der Waals surface area contributed by atoms with Gasteiger partial charge in [0, 0.05) is 20.4 Å². The van der Waals surface area contributed by atoms with Crippen LogP contribution in [0, 0.1) is 0 Å². The van der Waals surface area contributed by atoms with E-state index >= 15 is 0 Å². The summed E-state index contributed by atoms with van der Waals surface area (Å²) < 4.78 is 0. The quantitative estimate of drug-likeness (QED) is 0.489. The Balaban J connectivity index is 0. The van der Waals surface area contributed by atoms with E-state index in [-0.39, 0.29) is 20.4 Å². The first-order chi connectivity index (χ1) is 5.41. The summed E-state index contributed by atoms with van der Waals surface area (Å²) in [5.74, 6) is 0. The van der Waals surface area contributed by atoms with Gasteiger partial charge in [0.2, 0.25) is 0 Å². The fraction of sp³-hybridized carbons (Fsp3) is 0.900. The molecule has 1 nitrogen and oxygen atoms in total. The Bertz CT molecular complexity index is 83.9. The molecule has 2 heteroatoms. The van der Waals surface area contributed by atoms with Crippen molar-refractivity contribution in [1.82, 2.24) is 0 Å². The molecule has 0 aromatic rings. The summed E-state index contributed by atoms with van der Waals surface area (Å²) in [6.45, 7) is 2.22. The Kier molecular flexibility index (Phi) is 17.2. The van der Waals surface area contributed by atoms with Gasteiger partial charge in [-0.25, -0.2) is 0 Å². The van der Waals surface area contributed by atoms with Gasteiger partial charge in [-0.3, -0.25) is 6.29 Å². The molecule has 0 bridgehead atoms. The molecule has 0 aliphatic heterocycles. The molecule has 0 fully saturated rings. The summed E-state index contributed by atoms with van der Waals surface area (Å²) in [6, 6.07) is 0. The van der Waals surface area contributed by atoms with Gasteiger partial charge in [0.1, 0.15) is 0 Å². The van der Waals surface area contributed by atoms with Crippen molar-refractivity contribution in [2.45, 2.75) is 58.3 Å². The standard InChI is InChI=1S/C10H19O.Re/c1-2-3-4-5-6-7-8-9-10-11;/h2-9H2,1H3;/q-1;. The second-order valence-electron chi connectivity index (χ2n) is 3.02. The van der Waals surface area contributed by atoms with Gasteiger partial charge < -0.3 is 4.79 Å². The number of rotatable bonds is 8. The van der Waals surface area contributed by atoms with Crippen molar-refractivity contribution < 1.29 is 25.2 Å². The van der Waals surface area contributed by atoms with Gasteiger partial charge in [-0.05, 0) is 0 Å². The van der Waals surface area contributed by atoms with Crippen LogP contribution in [0.25, 0.3) is 0 Å². The van der Waals surface area contributed by atoms with E-state index in [1.807, 2.05) is 6.29 Å².